The first-order valence-electron chi connectivity index (χ1n) is 6.74. The molecule has 4 heteroatoms. The van der Waals surface area contributed by atoms with Gasteiger partial charge in [0, 0.05) is 11.7 Å². The van der Waals surface area contributed by atoms with Gasteiger partial charge in [-0.25, -0.2) is 0 Å². The molecule has 0 saturated carbocycles. The van der Waals surface area contributed by atoms with Crippen molar-refractivity contribution in [1.29, 1.82) is 0 Å². The molecule has 2 rings (SSSR count). The number of aliphatic hydroxyl groups excluding tert-OH is 1. The molecule has 1 unspecified atom stereocenters. The molecule has 104 valence electrons. The van der Waals surface area contributed by atoms with Gasteiger partial charge in [-0.1, -0.05) is 12.1 Å². The quantitative estimate of drug-likeness (QED) is 0.752. The summed E-state index contributed by atoms with van der Waals surface area (Å²) in [5.74, 6) is 0.0617. The van der Waals surface area contributed by atoms with Crippen LogP contribution in [-0.4, -0.2) is 30.2 Å². The Labute approximate surface area is 114 Å². The predicted molar refractivity (Wildman–Crippen MR) is 76.4 cm³/mol. The summed E-state index contributed by atoms with van der Waals surface area (Å²) in [6, 6.07) is 6.26. The van der Waals surface area contributed by atoms with Crippen molar-refractivity contribution >= 4 is 11.6 Å². The molecular weight excluding hydrogens is 240 g/mol. The lowest BCUT2D eigenvalue weighted by Gasteiger charge is -2.16. The van der Waals surface area contributed by atoms with E-state index >= 15 is 0 Å². The summed E-state index contributed by atoms with van der Waals surface area (Å²) in [4.78, 5) is 11.9. The number of carbonyl (C=O) groups excluding carboxylic acids is 1. The van der Waals surface area contributed by atoms with Gasteiger partial charge in [-0.2, -0.15) is 0 Å². The van der Waals surface area contributed by atoms with Gasteiger partial charge in [-0.05, 0) is 50.9 Å². The number of fused-ring (bicyclic) bond motifs is 1. The largest absolute Gasteiger partial charge is 0.395 e. The Morgan fingerprint density at radius 1 is 1.42 bits per heavy atom. The summed E-state index contributed by atoms with van der Waals surface area (Å²) in [5.41, 5.74) is 2.76. The SMILES string of the molecule is CC(CO)NCCc1ccc2c(c1)C(C)(C)C(=O)N2. The zero-order chi connectivity index (χ0) is 14.0. The van der Waals surface area contributed by atoms with Gasteiger partial charge in [0.05, 0.1) is 12.0 Å². The molecular formula is C15H22N2O2. The van der Waals surface area contributed by atoms with Gasteiger partial charge in [-0.3, -0.25) is 4.79 Å². The zero-order valence-corrected chi connectivity index (χ0v) is 11.8. The second kappa shape index (κ2) is 5.31. The van der Waals surface area contributed by atoms with Crippen molar-refractivity contribution in [3.05, 3.63) is 29.3 Å². The van der Waals surface area contributed by atoms with Gasteiger partial charge in [0.25, 0.3) is 0 Å². The van der Waals surface area contributed by atoms with Crippen LogP contribution in [0.1, 0.15) is 31.9 Å². The smallest absolute Gasteiger partial charge is 0.234 e. The number of nitrogens with one attached hydrogen (secondary N) is 2. The first-order valence-corrected chi connectivity index (χ1v) is 6.74. The molecule has 0 saturated heterocycles. The van der Waals surface area contributed by atoms with E-state index in [1.807, 2.05) is 32.9 Å². The van der Waals surface area contributed by atoms with Gasteiger partial charge >= 0.3 is 0 Å². The maximum absolute atomic E-state index is 11.9. The first-order chi connectivity index (χ1) is 8.95. The third-order valence-electron chi connectivity index (χ3n) is 3.75. The number of hydrogen-bond donors (Lipinski definition) is 3. The fraction of sp³-hybridized carbons (Fsp3) is 0.533. The zero-order valence-electron chi connectivity index (χ0n) is 11.8. The van der Waals surface area contributed by atoms with Crippen LogP contribution in [0.25, 0.3) is 0 Å². The number of aliphatic hydroxyl groups is 1. The van der Waals surface area contributed by atoms with E-state index in [2.05, 4.69) is 16.7 Å². The Balaban J connectivity index is 2.06. The van der Waals surface area contributed by atoms with Crippen LogP contribution in [0.5, 0.6) is 0 Å². The lowest BCUT2D eigenvalue weighted by molar-refractivity contribution is -0.119. The summed E-state index contributed by atoms with van der Waals surface area (Å²) in [7, 11) is 0. The summed E-state index contributed by atoms with van der Waals surface area (Å²) < 4.78 is 0. The van der Waals surface area contributed by atoms with Crippen molar-refractivity contribution in [3.8, 4) is 0 Å². The third kappa shape index (κ3) is 2.80. The molecule has 3 N–H and O–H groups in total. The van der Waals surface area contributed by atoms with Crippen LogP contribution in [0.2, 0.25) is 0 Å². The Morgan fingerprint density at radius 2 is 2.16 bits per heavy atom. The number of hydrogen-bond acceptors (Lipinski definition) is 3. The van der Waals surface area contributed by atoms with E-state index in [9.17, 15) is 4.79 Å². The average Bonchev–Trinajstić information content (AvgIpc) is 2.60. The average molecular weight is 262 g/mol. The Kier molecular flexibility index (Phi) is 3.92. The van der Waals surface area contributed by atoms with Gasteiger partial charge in [0.15, 0.2) is 0 Å². The van der Waals surface area contributed by atoms with Crippen LogP contribution in [-0.2, 0) is 16.6 Å². The van der Waals surface area contributed by atoms with Gasteiger partial charge in [0.2, 0.25) is 5.91 Å². The van der Waals surface area contributed by atoms with Crippen LogP contribution in [0.3, 0.4) is 0 Å². The molecule has 1 aromatic rings. The highest BCUT2D eigenvalue weighted by molar-refractivity contribution is 6.05. The highest BCUT2D eigenvalue weighted by atomic mass is 16.3. The molecule has 1 aliphatic rings. The number of anilines is 1. The first kappa shape index (κ1) is 14.0. The van der Waals surface area contributed by atoms with Crippen LogP contribution in [0.15, 0.2) is 18.2 Å². The van der Waals surface area contributed by atoms with Crippen LogP contribution < -0.4 is 10.6 Å². The van der Waals surface area contributed by atoms with E-state index in [0.29, 0.717) is 0 Å². The van der Waals surface area contributed by atoms with E-state index in [-0.39, 0.29) is 18.6 Å². The molecule has 0 radical (unpaired) electrons. The number of amides is 1. The second-order valence-electron chi connectivity index (χ2n) is 5.75. The maximum atomic E-state index is 11.9. The van der Waals surface area contributed by atoms with Crippen LogP contribution >= 0.6 is 0 Å². The van der Waals surface area contributed by atoms with Gasteiger partial charge in [0.1, 0.15) is 0 Å². The molecule has 1 heterocycles. The Hall–Kier alpha value is -1.39. The molecule has 19 heavy (non-hydrogen) atoms. The molecule has 1 atom stereocenters. The second-order valence-corrected chi connectivity index (χ2v) is 5.75. The lowest BCUT2D eigenvalue weighted by Crippen LogP contribution is -2.31. The van der Waals surface area contributed by atoms with Gasteiger partial charge in [-0.15, -0.1) is 0 Å². The van der Waals surface area contributed by atoms with E-state index in [1.54, 1.807) is 0 Å². The maximum Gasteiger partial charge on any atom is 0.234 e. The number of carbonyl (C=O) groups is 1. The lowest BCUT2D eigenvalue weighted by atomic mass is 9.85. The number of benzene rings is 1. The number of rotatable bonds is 5. The van der Waals surface area contributed by atoms with E-state index < -0.39 is 5.41 Å². The Morgan fingerprint density at radius 3 is 2.84 bits per heavy atom. The molecule has 1 aromatic carbocycles. The van der Waals surface area contributed by atoms with Gasteiger partial charge < -0.3 is 15.7 Å². The summed E-state index contributed by atoms with van der Waals surface area (Å²) >= 11 is 0. The molecule has 0 bridgehead atoms. The highest BCUT2D eigenvalue weighted by Crippen LogP contribution is 2.37. The molecule has 0 aromatic heterocycles. The van der Waals surface area contributed by atoms with E-state index in [1.165, 1.54) is 5.56 Å². The van der Waals surface area contributed by atoms with Crippen molar-refractivity contribution < 1.29 is 9.90 Å². The third-order valence-corrected chi connectivity index (χ3v) is 3.75. The fourth-order valence-electron chi connectivity index (χ4n) is 2.30. The highest BCUT2D eigenvalue weighted by Gasteiger charge is 2.38. The van der Waals surface area contributed by atoms with Crippen LogP contribution in [0, 0.1) is 0 Å². The molecule has 1 amide bonds. The predicted octanol–water partition coefficient (Wildman–Crippen LogP) is 1.43. The van der Waals surface area contributed by atoms with Crippen molar-refractivity contribution in [2.24, 2.45) is 0 Å². The summed E-state index contributed by atoms with van der Waals surface area (Å²) in [5, 5.41) is 15.1. The minimum Gasteiger partial charge on any atom is -0.395 e. The van der Waals surface area contributed by atoms with Crippen molar-refractivity contribution in [2.45, 2.75) is 38.6 Å². The van der Waals surface area contributed by atoms with Crippen molar-refractivity contribution in [3.63, 3.8) is 0 Å². The standard InChI is InChI=1S/C15H22N2O2/c1-10(9-18)16-7-6-11-4-5-13-12(8-11)15(2,3)14(19)17-13/h4-5,8,10,16,18H,6-7,9H2,1-3H3,(H,17,19). The normalized spacial score (nSPS) is 18.0. The minimum atomic E-state index is -0.447. The van der Waals surface area contributed by atoms with E-state index in [0.717, 1.165) is 24.2 Å². The summed E-state index contributed by atoms with van der Waals surface area (Å²) in [6.45, 7) is 6.82. The molecule has 4 nitrogen and oxygen atoms in total. The fourth-order valence-corrected chi connectivity index (χ4v) is 2.30. The topological polar surface area (TPSA) is 61.4 Å². The molecule has 1 aliphatic heterocycles. The Bertz CT molecular complexity index is 483. The minimum absolute atomic E-state index is 0.0617. The molecule has 0 aliphatic carbocycles. The van der Waals surface area contributed by atoms with Crippen molar-refractivity contribution in [1.82, 2.24) is 5.32 Å². The van der Waals surface area contributed by atoms with E-state index in [4.69, 9.17) is 5.11 Å². The van der Waals surface area contributed by atoms with Crippen molar-refractivity contribution in [2.75, 3.05) is 18.5 Å². The van der Waals surface area contributed by atoms with Crippen LogP contribution in [0.4, 0.5) is 5.69 Å². The molecule has 0 fully saturated rings. The summed E-state index contributed by atoms with van der Waals surface area (Å²) in [6.07, 6.45) is 0.891. The molecule has 0 spiro atoms. The monoisotopic (exact) mass is 262 g/mol.